The van der Waals surface area contributed by atoms with Gasteiger partial charge in [0.2, 0.25) is 11.0 Å². The predicted octanol–water partition coefficient (Wildman–Crippen LogP) is 4.27. The topological polar surface area (TPSA) is 54.9 Å². The fraction of sp³-hybridized carbons (Fsp3) is 0.211. The van der Waals surface area contributed by atoms with Crippen LogP contribution in [0.4, 0.5) is 5.13 Å². The second-order valence-corrected chi connectivity index (χ2v) is 7.01. The number of benzene rings is 2. The van der Waals surface area contributed by atoms with E-state index < -0.39 is 5.41 Å². The fourth-order valence-electron chi connectivity index (χ4n) is 3.12. The molecule has 3 aromatic rings. The number of nitrogens with one attached hydrogen (secondary N) is 1. The van der Waals surface area contributed by atoms with Gasteiger partial charge in [0.25, 0.3) is 0 Å². The van der Waals surface area contributed by atoms with Crippen LogP contribution in [-0.4, -0.2) is 16.1 Å². The summed E-state index contributed by atoms with van der Waals surface area (Å²) in [6.07, 6.45) is 2.84. The van der Waals surface area contributed by atoms with Crippen molar-refractivity contribution in [3.8, 4) is 10.6 Å². The van der Waals surface area contributed by atoms with Gasteiger partial charge in [0.05, 0.1) is 5.41 Å². The molecule has 1 saturated carbocycles. The molecule has 1 aliphatic carbocycles. The summed E-state index contributed by atoms with van der Waals surface area (Å²) in [5.41, 5.74) is 1.68. The Morgan fingerprint density at radius 1 is 0.958 bits per heavy atom. The van der Waals surface area contributed by atoms with E-state index >= 15 is 0 Å². The fourth-order valence-corrected chi connectivity index (χ4v) is 3.87. The van der Waals surface area contributed by atoms with Crippen molar-refractivity contribution < 1.29 is 4.79 Å². The van der Waals surface area contributed by atoms with Crippen molar-refractivity contribution >= 4 is 22.4 Å². The third-order valence-electron chi connectivity index (χ3n) is 4.63. The molecule has 2 aromatic carbocycles. The van der Waals surface area contributed by atoms with E-state index in [0.29, 0.717) is 5.13 Å². The summed E-state index contributed by atoms with van der Waals surface area (Å²) in [4.78, 5) is 12.9. The molecule has 0 radical (unpaired) electrons. The van der Waals surface area contributed by atoms with Gasteiger partial charge in [0, 0.05) is 5.56 Å². The first-order valence-corrected chi connectivity index (χ1v) is 8.85. The van der Waals surface area contributed by atoms with Crippen LogP contribution in [0.15, 0.2) is 60.7 Å². The number of anilines is 1. The van der Waals surface area contributed by atoms with Gasteiger partial charge in [-0.3, -0.25) is 10.1 Å². The quantitative estimate of drug-likeness (QED) is 0.775. The summed E-state index contributed by atoms with van der Waals surface area (Å²) in [6, 6.07) is 19.9. The van der Waals surface area contributed by atoms with Crippen molar-refractivity contribution in [3.05, 3.63) is 66.2 Å². The van der Waals surface area contributed by atoms with E-state index in [1.54, 1.807) is 0 Å². The normalized spacial score (nSPS) is 15.5. The van der Waals surface area contributed by atoms with E-state index in [0.717, 1.165) is 35.4 Å². The van der Waals surface area contributed by atoms with E-state index in [1.807, 2.05) is 60.7 Å². The lowest BCUT2D eigenvalue weighted by molar-refractivity contribution is -0.124. The van der Waals surface area contributed by atoms with Gasteiger partial charge >= 0.3 is 0 Å². The summed E-state index contributed by atoms with van der Waals surface area (Å²) < 4.78 is 0. The van der Waals surface area contributed by atoms with Crippen molar-refractivity contribution in [3.63, 3.8) is 0 Å². The maximum atomic E-state index is 12.9. The smallest absolute Gasteiger partial charge is 0.236 e. The number of carbonyl (C=O) groups is 1. The van der Waals surface area contributed by atoms with Gasteiger partial charge in [-0.05, 0) is 18.4 Å². The van der Waals surface area contributed by atoms with Gasteiger partial charge < -0.3 is 0 Å². The van der Waals surface area contributed by atoms with Crippen molar-refractivity contribution in [2.75, 3.05) is 5.32 Å². The molecule has 0 atom stereocenters. The number of amides is 1. The first kappa shape index (κ1) is 15.0. The van der Waals surface area contributed by atoms with Crippen LogP contribution in [0.2, 0.25) is 0 Å². The van der Waals surface area contributed by atoms with Gasteiger partial charge in [0.1, 0.15) is 5.01 Å². The van der Waals surface area contributed by atoms with Crippen LogP contribution < -0.4 is 5.32 Å². The largest absolute Gasteiger partial charge is 0.300 e. The van der Waals surface area contributed by atoms with Gasteiger partial charge in [-0.2, -0.15) is 0 Å². The average molecular weight is 335 g/mol. The summed E-state index contributed by atoms with van der Waals surface area (Å²) in [5.74, 6) is 0.0238. The van der Waals surface area contributed by atoms with Gasteiger partial charge in [-0.25, -0.2) is 0 Å². The Kier molecular flexibility index (Phi) is 3.86. The van der Waals surface area contributed by atoms with Crippen molar-refractivity contribution in [1.82, 2.24) is 10.2 Å². The van der Waals surface area contributed by atoms with E-state index in [4.69, 9.17) is 0 Å². The minimum atomic E-state index is -0.417. The lowest BCUT2D eigenvalue weighted by atomic mass is 9.64. The highest BCUT2D eigenvalue weighted by Gasteiger charge is 2.45. The maximum Gasteiger partial charge on any atom is 0.236 e. The van der Waals surface area contributed by atoms with Crippen LogP contribution in [0.5, 0.6) is 0 Å². The summed E-state index contributed by atoms with van der Waals surface area (Å²) in [6.45, 7) is 0. The molecule has 1 aliphatic rings. The van der Waals surface area contributed by atoms with E-state index in [1.165, 1.54) is 11.3 Å². The van der Waals surface area contributed by atoms with Gasteiger partial charge in [-0.15, -0.1) is 10.2 Å². The second-order valence-electron chi connectivity index (χ2n) is 6.03. The Labute approximate surface area is 144 Å². The molecule has 0 unspecified atom stereocenters. The Hall–Kier alpha value is -2.53. The predicted molar refractivity (Wildman–Crippen MR) is 95.9 cm³/mol. The third-order valence-corrected chi connectivity index (χ3v) is 5.52. The maximum absolute atomic E-state index is 12.9. The Morgan fingerprint density at radius 2 is 1.62 bits per heavy atom. The molecule has 1 heterocycles. The summed E-state index contributed by atoms with van der Waals surface area (Å²) >= 11 is 1.41. The molecule has 4 nitrogen and oxygen atoms in total. The minimum absolute atomic E-state index is 0.0238. The first-order chi connectivity index (χ1) is 11.8. The average Bonchev–Trinajstić information content (AvgIpc) is 3.04. The van der Waals surface area contributed by atoms with Crippen LogP contribution in [-0.2, 0) is 10.2 Å². The second kappa shape index (κ2) is 6.17. The lowest BCUT2D eigenvalue weighted by Gasteiger charge is -2.40. The lowest BCUT2D eigenvalue weighted by Crippen LogP contribution is -2.45. The molecule has 24 heavy (non-hydrogen) atoms. The highest BCUT2D eigenvalue weighted by atomic mass is 32.1. The van der Waals surface area contributed by atoms with Crippen molar-refractivity contribution in [2.24, 2.45) is 0 Å². The number of aromatic nitrogens is 2. The molecule has 1 fully saturated rings. The van der Waals surface area contributed by atoms with Gasteiger partial charge in [-0.1, -0.05) is 78.4 Å². The molecular formula is C19H17N3OS. The molecule has 0 saturated heterocycles. The summed E-state index contributed by atoms with van der Waals surface area (Å²) in [5, 5.41) is 12.7. The first-order valence-electron chi connectivity index (χ1n) is 8.04. The number of nitrogens with zero attached hydrogens (tertiary/aromatic N) is 2. The third kappa shape index (κ3) is 2.61. The van der Waals surface area contributed by atoms with E-state index in [-0.39, 0.29) is 5.91 Å². The molecule has 5 heteroatoms. The zero-order valence-electron chi connectivity index (χ0n) is 13.1. The van der Waals surface area contributed by atoms with Crippen LogP contribution in [0.3, 0.4) is 0 Å². The molecule has 1 N–H and O–H groups in total. The standard InChI is InChI=1S/C19H17N3OS/c23-17(19(12-7-13-19)15-10-5-2-6-11-15)20-18-22-21-16(24-18)14-8-3-1-4-9-14/h1-6,8-11H,7,12-13H2,(H,20,22,23). The Bertz CT molecular complexity index is 841. The van der Waals surface area contributed by atoms with Crippen LogP contribution in [0.25, 0.3) is 10.6 Å². The van der Waals surface area contributed by atoms with Crippen LogP contribution >= 0.6 is 11.3 Å². The molecular weight excluding hydrogens is 318 g/mol. The molecule has 0 spiro atoms. The minimum Gasteiger partial charge on any atom is -0.300 e. The van der Waals surface area contributed by atoms with E-state index in [2.05, 4.69) is 15.5 Å². The Morgan fingerprint density at radius 3 is 2.25 bits per heavy atom. The number of carbonyl (C=O) groups excluding carboxylic acids is 1. The highest BCUT2D eigenvalue weighted by Crippen LogP contribution is 2.44. The van der Waals surface area contributed by atoms with Gasteiger partial charge in [0.15, 0.2) is 0 Å². The molecule has 0 bridgehead atoms. The molecule has 0 aliphatic heterocycles. The highest BCUT2D eigenvalue weighted by molar-refractivity contribution is 7.18. The van der Waals surface area contributed by atoms with Crippen molar-refractivity contribution in [1.29, 1.82) is 0 Å². The monoisotopic (exact) mass is 335 g/mol. The Balaban J connectivity index is 1.55. The zero-order chi connectivity index (χ0) is 16.4. The van der Waals surface area contributed by atoms with Crippen LogP contribution in [0.1, 0.15) is 24.8 Å². The molecule has 1 amide bonds. The number of hydrogen-bond acceptors (Lipinski definition) is 4. The number of rotatable bonds is 4. The SMILES string of the molecule is O=C(Nc1nnc(-c2ccccc2)s1)C1(c2ccccc2)CCC1. The molecule has 120 valence electrons. The van der Waals surface area contributed by atoms with E-state index in [9.17, 15) is 4.79 Å². The molecule has 1 aromatic heterocycles. The molecule has 4 rings (SSSR count). The van der Waals surface area contributed by atoms with Crippen molar-refractivity contribution in [2.45, 2.75) is 24.7 Å². The zero-order valence-corrected chi connectivity index (χ0v) is 13.9. The van der Waals surface area contributed by atoms with Crippen LogP contribution in [0, 0.1) is 0 Å². The number of hydrogen-bond donors (Lipinski definition) is 1. The summed E-state index contributed by atoms with van der Waals surface area (Å²) in [7, 11) is 0.